The SMILES string of the molecule is CC(C)n1nc(-c2ccccc2)cc1NC(=O)N(C)C[C@@H](O)C1CC1. The molecule has 1 fully saturated rings. The lowest BCUT2D eigenvalue weighted by atomic mass is 10.2. The van der Waals surface area contributed by atoms with Crippen molar-refractivity contribution in [3.8, 4) is 11.3 Å². The number of amides is 2. The molecule has 1 aliphatic rings. The number of likely N-dealkylation sites (N-methyl/N-ethyl adjacent to an activating group) is 1. The lowest BCUT2D eigenvalue weighted by Crippen LogP contribution is -2.38. The minimum Gasteiger partial charge on any atom is -0.391 e. The highest BCUT2D eigenvalue weighted by Crippen LogP contribution is 2.32. The fourth-order valence-corrected chi connectivity index (χ4v) is 2.83. The standard InChI is InChI=1S/C19H26N4O2/c1-13(2)23-18(11-16(21-23)14-7-5-4-6-8-14)20-19(25)22(3)12-17(24)15-9-10-15/h4-8,11,13,15,17,24H,9-10,12H2,1-3H3,(H,20,25)/t17-/m1/s1. The van der Waals surface area contributed by atoms with Crippen molar-refractivity contribution in [2.24, 2.45) is 5.92 Å². The first-order valence-electron chi connectivity index (χ1n) is 8.81. The molecule has 1 aromatic heterocycles. The Labute approximate surface area is 148 Å². The fourth-order valence-electron chi connectivity index (χ4n) is 2.83. The normalized spacial score (nSPS) is 15.2. The van der Waals surface area contributed by atoms with E-state index in [0.717, 1.165) is 24.1 Å². The molecule has 134 valence electrons. The summed E-state index contributed by atoms with van der Waals surface area (Å²) >= 11 is 0. The quantitative estimate of drug-likeness (QED) is 0.845. The summed E-state index contributed by atoms with van der Waals surface area (Å²) in [6.07, 6.45) is 1.67. The van der Waals surface area contributed by atoms with E-state index in [0.29, 0.717) is 18.3 Å². The molecule has 1 saturated carbocycles. The molecule has 0 saturated heterocycles. The number of aliphatic hydroxyl groups excluding tert-OH is 1. The topological polar surface area (TPSA) is 70.4 Å². The zero-order chi connectivity index (χ0) is 18.0. The Balaban J connectivity index is 1.74. The van der Waals surface area contributed by atoms with Crippen LogP contribution in [0.1, 0.15) is 32.7 Å². The van der Waals surface area contributed by atoms with Crippen molar-refractivity contribution in [1.82, 2.24) is 14.7 Å². The van der Waals surface area contributed by atoms with Gasteiger partial charge in [0.2, 0.25) is 0 Å². The highest BCUT2D eigenvalue weighted by molar-refractivity contribution is 5.89. The van der Waals surface area contributed by atoms with E-state index in [1.807, 2.05) is 54.9 Å². The summed E-state index contributed by atoms with van der Waals surface area (Å²) in [6, 6.07) is 11.7. The van der Waals surface area contributed by atoms with Crippen molar-refractivity contribution in [1.29, 1.82) is 0 Å². The van der Waals surface area contributed by atoms with E-state index >= 15 is 0 Å². The first kappa shape index (κ1) is 17.5. The van der Waals surface area contributed by atoms with Crippen molar-refractivity contribution in [2.45, 2.75) is 38.8 Å². The summed E-state index contributed by atoms with van der Waals surface area (Å²) in [5.41, 5.74) is 1.83. The monoisotopic (exact) mass is 342 g/mol. The number of aromatic nitrogens is 2. The van der Waals surface area contributed by atoms with Gasteiger partial charge in [-0.1, -0.05) is 30.3 Å². The Morgan fingerprint density at radius 1 is 1.36 bits per heavy atom. The van der Waals surface area contributed by atoms with E-state index in [4.69, 9.17) is 0 Å². The third-order valence-corrected chi connectivity index (χ3v) is 4.50. The zero-order valence-corrected chi connectivity index (χ0v) is 15.0. The molecular weight excluding hydrogens is 316 g/mol. The molecule has 1 atom stereocenters. The highest BCUT2D eigenvalue weighted by Gasteiger charge is 2.31. The molecule has 6 heteroatoms. The van der Waals surface area contributed by atoms with Crippen LogP contribution >= 0.6 is 0 Å². The average molecular weight is 342 g/mol. The van der Waals surface area contributed by atoms with Crippen LogP contribution in [0.25, 0.3) is 11.3 Å². The second-order valence-electron chi connectivity index (χ2n) is 7.03. The molecule has 0 unspecified atom stereocenters. The first-order valence-corrected chi connectivity index (χ1v) is 8.81. The molecule has 0 aliphatic heterocycles. The maximum atomic E-state index is 12.5. The van der Waals surface area contributed by atoms with Crippen LogP contribution in [0.3, 0.4) is 0 Å². The van der Waals surface area contributed by atoms with Crippen molar-refractivity contribution in [3.05, 3.63) is 36.4 Å². The molecule has 1 aromatic carbocycles. The number of nitrogens with one attached hydrogen (secondary N) is 1. The van der Waals surface area contributed by atoms with Gasteiger partial charge >= 0.3 is 6.03 Å². The largest absolute Gasteiger partial charge is 0.391 e. The van der Waals surface area contributed by atoms with Crippen molar-refractivity contribution in [3.63, 3.8) is 0 Å². The number of carbonyl (C=O) groups is 1. The van der Waals surface area contributed by atoms with Gasteiger partial charge in [0.25, 0.3) is 0 Å². The van der Waals surface area contributed by atoms with E-state index in [9.17, 15) is 9.90 Å². The summed E-state index contributed by atoms with van der Waals surface area (Å²) in [7, 11) is 1.70. The fraction of sp³-hybridized carbons (Fsp3) is 0.474. The molecular formula is C19H26N4O2. The van der Waals surface area contributed by atoms with Crippen molar-refractivity contribution in [2.75, 3.05) is 18.9 Å². The number of hydrogen-bond acceptors (Lipinski definition) is 3. The van der Waals surface area contributed by atoms with E-state index < -0.39 is 6.10 Å². The summed E-state index contributed by atoms with van der Waals surface area (Å²) in [6.45, 7) is 4.40. The van der Waals surface area contributed by atoms with Crippen LogP contribution in [-0.2, 0) is 0 Å². The number of nitrogens with zero attached hydrogens (tertiary/aromatic N) is 3. The molecule has 0 bridgehead atoms. The summed E-state index contributed by atoms with van der Waals surface area (Å²) in [4.78, 5) is 14.0. The molecule has 2 aromatic rings. The van der Waals surface area contributed by atoms with Crippen LogP contribution in [0.15, 0.2) is 36.4 Å². The molecule has 6 nitrogen and oxygen atoms in total. The number of hydrogen-bond donors (Lipinski definition) is 2. The minimum atomic E-state index is -0.439. The van der Waals surface area contributed by atoms with E-state index in [2.05, 4.69) is 10.4 Å². The number of aliphatic hydroxyl groups is 1. The predicted molar refractivity (Wildman–Crippen MR) is 98.4 cm³/mol. The Kier molecular flexibility index (Phi) is 5.08. The maximum absolute atomic E-state index is 12.5. The van der Waals surface area contributed by atoms with Crippen LogP contribution in [0.5, 0.6) is 0 Å². The smallest absolute Gasteiger partial charge is 0.322 e. The van der Waals surface area contributed by atoms with E-state index in [-0.39, 0.29) is 12.1 Å². The third kappa shape index (κ3) is 4.20. The molecule has 3 rings (SSSR count). The predicted octanol–water partition coefficient (Wildman–Crippen LogP) is 3.37. The van der Waals surface area contributed by atoms with Crippen LogP contribution in [0, 0.1) is 5.92 Å². The Hall–Kier alpha value is -2.34. The van der Waals surface area contributed by atoms with Crippen molar-refractivity contribution >= 4 is 11.8 Å². The van der Waals surface area contributed by atoms with Gasteiger partial charge < -0.3 is 10.0 Å². The first-order chi connectivity index (χ1) is 12.0. The van der Waals surface area contributed by atoms with Gasteiger partial charge in [0.15, 0.2) is 0 Å². The summed E-state index contributed by atoms with van der Waals surface area (Å²) < 4.78 is 1.81. The Morgan fingerprint density at radius 2 is 2.04 bits per heavy atom. The highest BCUT2D eigenvalue weighted by atomic mass is 16.3. The lowest BCUT2D eigenvalue weighted by Gasteiger charge is -2.21. The van der Waals surface area contributed by atoms with Gasteiger partial charge in [0.05, 0.1) is 11.8 Å². The average Bonchev–Trinajstić information content (AvgIpc) is 3.36. The van der Waals surface area contributed by atoms with Gasteiger partial charge in [-0.05, 0) is 32.6 Å². The molecule has 1 aliphatic carbocycles. The second kappa shape index (κ2) is 7.27. The molecule has 1 heterocycles. The van der Waals surface area contributed by atoms with Gasteiger partial charge in [-0.3, -0.25) is 5.32 Å². The molecule has 25 heavy (non-hydrogen) atoms. The van der Waals surface area contributed by atoms with E-state index in [1.54, 1.807) is 7.05 Å². The number of benzene rings is 1. The van der Waals surface area contributed by atoms with Crippen LogP contribution in [0.4, 0.5) is 10.6 Å². The third-order valence-electron chi connectivity index (χ3n) is 4.50. The molecule has 2 N–H and O–H groups in total. The second-order valence-corrected chi connectivity index (χ2v) is 7.03. The summed E-state index contributed by atoms with van der Waals surface area (Å²) in [5, 5.41) is 17.6. The van der Waals surface area contributed by atoms with E-state index in [1.165, 1.54) is 4.90 Å². The number of carbonyl (C=O) groups excluding carboxylic acids is 1. The number of rotatable bonds is 6. The van der Waals surface area contributed by atoms with Crippen LogP contribution in [0.2, 0.25) is 0 Å². The lowest BCUT2D eigenvalue weighted by molar-refractivity contribution is 0.117. The molecule has 0 spiro atoms. The number of urea groups is 1. The summed E-state index contributed by atoms with van der Waals surface area (Å²) in [5.74, 6) is 1.01. The minimum absolute atomic E-state index is 0.120. The van der Waals surface area contributed by atoms with Crippen LogP contribution < -0.4 is 5.32 Å². The van der Waals surface area contributed by atoms with Gasteiger partial charge in [-0.15, -0.1) is 0 Å². The maximum Gasteiger partial charge on any atom is 0.322 e. The molecule has 2 amide bonds. The number of anilines is 1. The molecule has 0 radical (unpaired) electrons. The Bertz CT molecular complexity index is 722. The van der Waals surface area contributed by atoms with Crippen molar-refractivity contribution < 1.29 is 9.90 Å². The zero-order valence-electron chi connectivity index (χ0n) is 15.0. The van der Waals surface area contributed by atoms with Crippen LogP contribution in [-0.4, -0.2) is 45.5 Å². The van der Waals surface area contributed by atoms with Gasteiger partial charge in [-0.25, -0.2) is 9.48 Å². The van der Waals surface area contributed by atoms with Gasteiger partial charge in [0, 0.05) is 31.3 Å². The van der Waals surface area contributed by atoms with Gasteiger partial charge in [0.1, 0.15) is 5.82 Å². The Morgan fingerprint density at radius 3 is 2.64 bits per heavy atom. The van der Waals surface area contributed by atoms with Gasteiger partial charge in [-0.2, -0.15) is 5.10 Å².